The molecule has 0 fully saturated rings. The Hall–Kier alpha value is 1.24. The summed E-state index contributed by atoms with van der Waals surface area (Å²) in [5, 5.41) is 0. The fourth-order valence-corrected chi connectivity index (χ4v) is 19.5. The van der Waals surface area contributed by atoms with E-state index in [0.29, 0.717) is 0 Å². The summed E-state index contributed by atoms with van der Waals surface area (Å²) in [7, 11) is 0. The zero-order valence-electron chi connectivity index (χ0n) is 6.31. The fourth-order valence-electron chi connectivity index (χ4n) is 0.687. The van der Waals surface area contributed by atoms with Gasteiger partial charge in [-0.25, -0.2) is 0 Å². The lowest BCUT2D eigenvalue weighted by Crippen LogP contribution is -2.24. The van der Waals surface area contributed by atoms with Gasteiger partial charge in [0.1, 0.15) is 0 Å². The highest BCUT2D eigenvalue weighted by Crippen LogP contribution is 2.65. The minimum absolute atomic E-state index is 0.881. The molecular weight excluding hydrogens is 296 g/mol. The fraction of sp³-hybridized carbons (Fsp3) is 0. The van der Waals surface area contributed by atoms with Crippen molar-refractivity contribution in [1.29, 1.82) is 0 Å². The second-order valence-corrected chi connectivity index (χ2v) is 18.7. The van der Waals surface area contributed by atoms with Gasteiger partial charge in [-0.15, -0.1) is 0 Å². The van der Waals surface area contributed by atoms with Gasteiger partial charge in [0.05, 0.1) is 4.67 Å². The smallest absolute Gasteiger partial charge is 0.169 e. The summed E-state index contributed by atoms with van der Waals surface area (Å²) >= 11 is 21.2. The molecule has 1 rings (SSSR count). The molecule has 0 saturated carbocycles. The quantitative estimate of drug-likeness (QED) is 0.675. The summed E-state index contributed by atoms with van der Waals surface area (Å²) in [4.78, 5) is 0. The molecular formula is C5H6NP2S5+. The molecule has 0 aliphatic rings. The molecule has 1 unspecified atom stereocenters. The number of aromatic nitrogens is 1. The van der Waals surface area contributed by atoms with Gasteiger partial charge in [-0.2, -0.15) is 4.34 Å². The Bertz CT molecular complexity index is 393. The predicted molar refractivity (Wildman–Crippen MR) is 74.5 cm³/mol. The molecule has 70 valence electrons. The van der Waals surface area contributed by atoms with E-state index in [1.807, 2.05) is 34.9 Å². The SMILES string of the molecule is S=P(=S)SP(=S)(S)[n+]1ccccc1. The van der Waals surface area contributed by atoms with Crippen LogP contribution >= 0.6 is 32.5 Å². The van der Waals surface area contributed by atoms with E-state index in [4.69, 9.17) is 35.4 Å². The van der Waals surface area contributed by atoms with Gasteiger partial charge in [-0.1, -0.05) is 18.3 Å². The van der Waals surface area contributed by atoms with Gasteiger partial charge in [-0.05, 0) is 35.4 Å². The van der Waals surface area contributed by atoms with Crippen LogP contribution in [-0.2, 0) is 35.4 Å². The molecule has 1 nitrogen and oxygen atoms in total. The van der Waals surface area contributed by atoms with E-state index in [9.17, 15) is 0 Å². The molecule has 0 aliphatic heterocycles. The third-order valence-corrected chi connectivity index (χ3v) is 15.6. The summed E-state index contributed by atoms with van der Waals surface area (Å²) in [5.41, 5.74) is 0. The van der Waals surface area contributed by atoms with E-state index < -0.39 is 9.27 Å². The highest BCUT2D eigenvalue weighted by molar-refractivity contribution is 9.11. The average Bonchev–Trinajstić information content (AvgIpc) is 2.04. The first-order valence-corrected chi connectivity index (χ1v) is 12.5. The number of rotatable bonds is 3. The maximum atomic E-state index is 5.37. The lowest BCUT2D eigenvalue weighted by molar-refractivity contribution is -0.504. The molecule has 1 heterocycles. The first kappa shape index (κ1) is 12.3. The Kier molecular flexibility index (Phi) is 5.07. The Morgan fingerprint density at radius 2 is 1.77 bits per heavy atom. The first-order chi connectivity index (χ1) is 6.02. The number of pyridine rings is 1. The minimum Gasteiger partial charge on any atom is -0.169 e. The minimum atomic E-state index is -1.92. The van der Waals surface area contributed by atoms with Crippen LogP contribution in [0.4, 0.5) is 0 Å². The third-order valence-electron chi connectivity index (χ3n) is 1.16. The van der Waals surface area contributed by atoms with E-state index in [0.717, 1.165) is 0 Å². The maximum Gasteiger partial charge on any atom is 0.308 e. The molecule has 13 heavy (non-hydrogen) atoms. The van der Waals surface area contributed by atoms with Crippen molar-refractivity contribution in [2.24, 2.45) is 0 Å². The standard InChI is InChI=1S/C5H5NP2S5/c9-7(10)13-8(11,12)6-4-2-1-3-5-6/h1-5H/p+1. The van der Waals surface area contributed by atoms with Gasteiger partial charge in [0.15, 0.2) is 12.4 Å². The lowest BCUT2D eigenvalue weighted by atomic mass is 10.5. The molecule has 0 N–H and O–H groups in total. The zero-order valence-corrected chi connectivity index (χ0v) is 12.3. The number of thiol groups is 1. The largest absolute Gasteiger partial charge is 0.308 e. The third kappa shape index (κ3) is 4.08. The van der Waals surface area contributed by atoms with Crippen LogP contribution in [0.3, 0.4) is 0 Å². The van der Waals surface area contributed by atoms with Gasteiger partial charge < -0.3 is 0 Å². The van der Waals surface area contributed by atoms with Crippen LogP contribution in [0.5, 0.6) is 0 Å². The van der Waals surface area contributed by atoms with Crippen molar-refractivity contribution in [2.75, 3.05) is 0 Å². The molecule has 0 radical (unpaired) electrons. The summed E-state index contributed by atoms with van der Waals surface area (Å²) in [6, 6.07) is 5.79. The highest BCUT2D eigenvalue weighted by Gasteiger charge is 2.23. The second-order valence-electron chi connectivity index (χ2n) is 2.05. The molecule has 1 atom stereocenters. The highest BCUT2D eigenvalue weighted by atomic mass is 33.4. The Morgan fingerprint density at radius 3 is 2.23 bits per heavy atom. The van der Waals surface area contributed by atoms with Gasteiger partial charge in [0, 0.05) is 23.1 Å². The van der Waals surface area contributed by atoms with Crippen molar-refractivity contribution in [2.45, 2.75) is 0 Å². The van der Waals surface area contributed by atoms with Crippen molar-refractivity contribution >= 4 is 67.9 Å². The Labute approximate surface area is 102 Å². The van der Waals surface area contributed by atoms with E-state index in [1.165, 1.54) is 11.0 Å². The zero-order chi connectivity index (χ0) is 9.90. The normalized spacial score (nSPS) is 14.8. The average molecular weight is 302 g/mol. The predicted octanol–water partition coefficient (Wildman–Crippen LogP) is 3.03. The molecule has 0 bridgehead atoms. The lowest BCUT2D eigenvalue weighted by Gasteiger charge is -2.04. The van der Waals surface area contributed by atoms with Crippen LogP contribution in [0.15, 0.2) is 30.6 Å². The van der Waals surface area contributed by atoms with E-state index in [-0.39, 0.29) is 0 Å². The van der Waals surface area contributed by atoms with Crippen molar-refractivity contribution in [3.63, 3.8) is 0 Å². The Balaban J connectivity index is 3.01. The first-order valence-electron chi connectivity index (χ1n) is 3.16. The molecule has 1 aromatic heterocycles. The molecule has 1 aromatic rings. The molecule has 0 spiro atoms. The van der Waals surface area contributed by atoms with E-state index in [1.54, 1.807) is 0 Å². The molecule has 0 aliphatic carbocycles. The summed E-state index contributed by atoms with van der Waals surface area (Å²) < 4.78 is -0.880. The number of hydrogen-bond acceptors (Lipinski definition) is 4. The summed E-state index contributed by atoms with van der Waals surface area (Å²) in [6.45, 7) is 0. The van der Waals surface area contributed by atoms with Gasteiger partial charge in [-0.3, -0.25) is 0 Å². The van der Waals surface area contributed by atoms with Gasteiger partial charge in [0.2, 0.25) is 0 Å². The monoisotopic (exact) mass is 302 g/mol. The van der Waals surface area contributed by atoms with Crippen LogP contribution < -0.4 is 4.34 Å². The number of nitrogens with zero attached hydrogens (tertiary/aromatic N) is 1. The molecule has 8 heteroatoms. The maximum absolute atomic E-state index is 5.37. The topological polar surface area (TPSA) is 3.88 Å². The Morgan fingerprint density at radius 1 is 1.23 bits per heavy atom. The van der Waals surface area contributed by atoms with Gasteiger partial charge in [0.25, 0.3) is 0 Å². The van der Waals surface area contributed by atoms with Crippen molar-refractivity contribution in [1.82, 2.24) is 0 Å². The van der Waals surface area contributed by atoms with Crippen LogP contribution in [0.1, 0.15) is 0 Å². The second kappa shape index (κ2) is 5.36. The van der Waals surface area contributed by atoms with Crippen molar-refractivity contribution in [3.05, 3.63) is 30.6 Å². The number of hydrogen-bond donors (Lipinski definition) is 1. The van der Waals surface area contributed by atoms with Gasteiger partial charge >= 0.3 is 4.59 Å². The van der Waals surface area contributed by atoms with E-state index >= 15 is 0 Å². The molecule has 0 saturated heterocycles. The molecule has 0 amide bonds. The summed E-state index contributed by atoms with van der Waals surface area (Å²) in [5.74, 6) is 0. The molecule has 0 aromatic carbocycles. The van der Waals surface area contributed by atoms with Crippen molar-refractivity contribution < 1.29 is 4.34 Å². The van der Waals surface area contributed by atoms with Crippen LogP contribution in [0.25, 0.3) is 0 Å². The van der Waals surface area contributed by atoms with Crippen LogP contribution in [0, 0.1) is 0 Å². The van der Waals surface area contributed by atoms with Crippen LogP contribution in [0.2, 0.25) is 0 Å². The van der Waals surface area contributed by atoms with E-state index in [2.05, 4.69) is 12.2 Å². The summed E-state index contributed by atoms with van der Waals surface area (Å²) in [6.07, 6.45) is 3.81. The van der Waals surface area contributed by atoms with Crippen molar-refractivity contribution in [3.8, 4) is 0 Å². The van der Waals surface area contributed by atoms with Crippen LogP contribution in [-0.4, -0.2) is 0 Å².